The predicted molar refractivity (Wildman–Crippen MR) is 105 cm³/mol. The summed E-state index contributed by atoms with van der Waals surface area (Å²) in [7, 11) is 0. The number of alkyl halides is 1. The quantitative estimate of drug-likeness (QED) is 0.148. The molecule has 0 saturated carbocycles. The third-order valence-electron chi connectivity index (χ3n) is 3.96. The largest absolute Gasteiger partial charge is 0.0901 e. The van der Waals surface area contributed by atoms with E-state index in [0.717, 1.165) is 0 Å². The van der Waals surface area contributed by atoms with Crippen molar-refractivity contribution in [1.82, 2.24) is 0 Å². The first-order valence-corrected chi connectivity index (χ1v) is 11.4. The number of unbranched alkanes of at least 4 members (excludes halogenated alkanes) is 15. The van der Waals surface area contributed by atoms with E-state index in [9.17, 15) is 0 Å². The third-order valence-corrected chi connectivity index (χ3v) is 3.96. The number of hydrogen-bond acceptors (Lipinski definition) is 0. The zero-order valence-corrected chi connectivity index (χ0v) is 16.8. The van der Waals surface area contributed by atoms with Gasteiger partial charge in [-0.1, -0.05) is 139 Å². The Morgan fingerprint density at radius 3 is 0.650 bits per heavy atom. The first-order valence-electron chi connectivity index (χ1n) is 9.29. The van der Waals surface area contributed by atoms with Crippen molar-refractivity contribution in [1.29, 1.82) is 0 Å². The van der Waals surface area contributed by atoms with Gasteiger partial charge in [-0.2, -0.15) is 0 Å². The van der Waals surface area contributed by atoms with E-state index in [1.165, 1.54) is 103 Å². The van der Waals surface area contributed by atoms with Crippen LogP contribution in [0.4, 0.5) is 0 Å². The molecule has 0 atom stereocenters. The van der Waals surface area contributed by atoms with Gasteiger partial charge in [0.1, 0.15) is 0 Å². The van der Waals surface area contributed by atoms with Crippen molar-refractivity contribution in [2.24, 2.45) is 0 Å². The van der Waals surface area contributed by atoms with Gasteiger partial charge in [-0.15, -0.1) is 0 Å². The molecule has 0 N–H and O–H groups in total. The van der Waals surface area contributed by atoms with Crippen LogP contribution in [-0.2, 0) is 0 Å². The highest BCUT2D eigenvalue weighted by atomic mass is 127. The molecular formula is C19H41I. The summed E-state index contributed by atoms with van der Waals surface area (Å²) >= 11 is 2.15. The van der Waals surface area contributed by atoms with E-state index < -0.39 is 0 Å². The van der Waals surface area contributed by atoms with Crippen molar-refractivity contribution in [3.8, 4) is 0 Å². The van der Waals surface area contributed by atoms with Crippen LogP contribution in [0.2, 0.25) is 0 Å². The van der Waals surface area contributed by atoms with Crippen LogP contribution < -0.4 is 0 Å². The molecule has 0 aliphatic carbocycles. The van der Waals surface area contributed by atoms with Crippen molar-refractivity contribution in [2.75, 3.05) is 4.93 Å². The normalized spacial score (nSPS) is 10.2. The van der Waals surface area contributed by atoms with Crippen molar-refractivity contribution in [3.63, 3.8) is 0 Å². The van der Waals surface area contributed by atoms with Gasteiger partial charge in [-0.3, -0.25) is 0 Å². The maximum Gasteiger partial charge on any atom is -0.0121 e. The van der Waals surface area contributed by atoms with Gasteiger partial charge in [0, 0.05) is 0 Å². The van der Waals surface area contributed by atoms with Crippen LogP contribution >= 0.6 is 22.6 Å². The van der Waals surface area contributed by atoms with Gasteiger partial charge in [0.25, 0.3) is 0 Å². The molecule has 0 heterocycles. The molecule has 0 radical (unpaired) electrons. The van der Waals surface area contributed by atoms with E-state index in [0.29, 0.717) is 0 Å². The maximum absolute atomic E-state index is 2.29. The van der Waals surface area contributed by atoms with Crippen LogP contribution in [0.5, 0.6) is 0 Å². The van der Waals surface area contributed by atoms with E-state index in [-0.39, 0.29) is 0 Å². The highest BCUT2D eigenvalue weighted by Gasteiger charge is 1.93. The predicted octanol–water partition coefficient (Wildman–Crippen LogP) is 8.32. The Labute approximate surface area is 144 Å². The molecule has 0 nitrogen and oxygen atoms in total. The molecule has 0 bridgehead atoms. The molecule has 0 aromatic rings. The SMILES string of the molecule is CCCCCCCCCCCCCCCCCC.CI. The summed E-state index contributed by atoms with van der Waals surface area (Å²) in [5.41, 5.74) is 0. The molecular weight excluding hydrogens is 355 g/mol. The summed E-state index contributed by atoms with van der Waals surface area (Å²) in [6.07, 6.45) is 23.4. The first-order chi connectivity index (χ1) is 9.91. The Morgan fingerprint density at radius 1 is 0.350 bits per heavy atom. The van der Waals surface area contributed by atoms with Gasteiger partial charge in [-0.25, -0.2) is 0 Å². The summed E-state index contributed by atoms with van der Waals surface area (Å²) < 4.78 is 0. The molecule has 20 heavy (non-hydrogen) atoms. The fourth-order valence-electron chi connectivity index (χ4n) is 2.62. The van der Waals surface area contributed by atoms with Crippen molar-refractivity contribution in [3.05, 3.63) is 0 Å². The first kappa shape index (κ1) is 23.0. The molecule has 0 fully saturated rings. The maximum atomic E-state index is 2.29. The van der Waals surface area contributed by atoms with Crippen molar-refractivity contribution in [2.45, 2.75) is 117 Å². The Balaban J connectivity index is 0. The van der Waals surface area contributed by atoms with E-state index >= 15 is 0 Å². The van der Waals surface area contributed by atoms with Crippen LogP contribution in [0.25, 0.3) is 0 Å². The number of hydrogen-bond donors (Lipinski definition) is 0. The average molecular weight is 396 g/mol. The smallest absolute Gasteiger partial charge is 0.0121 e. The van der Waals surface area contributed by atoms with Crippen LogP contribution in [0, 0.1) is 0 Å². The number of rotatable bonds is 15. The minimum absolute atomic E-state index is 1.37. The lowest BCUT2D eigenvalue weighted by molar-refractivity contribution is 0.531. The molecule has 0 unspecified atom stereocenters. The molecule has 0 aromatic heterocycles. The molecule has 0 aliphatic rings. The Hall–Kier alpha value is 0.730. The Kier molecular flexibility index (Phi) is 28.4. The molecule has 1 heteroatoms. The monoisotopic (exact) mass is 396 g/mol. The molecule has 0 amide bonds. The topological polar surface area (TPSA) is 0 Å². The zero-order chi connectivity index (χ0) is 15.3. The fourth-order valence-corrected chi connectivity index (χ4v) is 2.62. The molecule has 0 spiro atoms. The van der Waals surface area contributed by atoms with Crippen LogP contribution in [0.3, 0.4) is 0 Å². The molecule has 0 saturated heterocycles. The van der Waals surface area contributed by atoms with Gasteiger partial charge in [0.05, 0.1) is 0 Å². The minimum atomic E-state index is 1.37. The Bertz CT molecular complexity index is 118. The standard InChI is InChI=1S/C18H38.CH3I/c1-3-5-7-9-11-13-15-17-18-16-14-12-10-8-6-4-2;1-2/h3-18H2,1-2H3;1H3. The lowest BCUT2D eigenvalue weighted by Gasteiger charge is -2.03. The van der Waals surface area contributed by atoms with Gasteiger partial charge >= 0.3 is 0 Å². The molecule has 124 valence electrons. The van der Waals surface area contributed by atoms with Crippen LogP contribution in [0.1, 0.15) is 117 Å². The highest BCUT2D eigenvalue weighted by Crippen LogP contribution is 2.13. The second kappa shape index (κ2) is 24.7. The van der Waals surface area contributed by atoms with Crippen molar-refractivity contribution < 1.29 is 0 Å². The van der Waals surface area contributed by atoms with E-state index in [1.807, 2.05) is 4.93 Å². The molecule has 0 aromatic carbocycles. The van der Waals surface area contributed by atoms with E-state index in [2.05, 4.69) is 36.4 Å². The van der Waals surface area contributed by atoms with E-state index in [4.69, 9.17) is 0 Å². The third kappa shape index (κ3) is 23.8. The van der Waals surface area contributed by atoms with Crippen LogP contribution in [0.15, 0.2) is 0 Å². The highest BCUT2D eigenvalue weighted by molar-refractivity contribution is 14.1. The second-order valence-electron chi connectivity index (χ2n) is 5.95. The summed E-state index contributed by atoms with van der Waals surface area (Å²) in [6.45, 7) is 4.59. The lowest BCUT2D eigenvalue weighted by Crippen LogP contribution is -1.83. The van der Waals surface area contributed by atoms with Gasteiger partial charge in [0.15, 0.2) is 0 Å². The summed E-state index contributed by atoms with van der Waals surface area (Å²) in [5, 5.41) is 0. The summed E-state index contributed by atoms with van der Waals surface area (Å²) in [4.78, 5) is 1.97. The van der Waals surface area contributed by atoms with Gasteiger partial charge in [-0.05, 0) is 4.93 Å². The lowest BCUT2D eigenvalue weighted by atomic mass is 10.0. The Morgan fingerprint density at radius 2 is 0.500 bits per heavy atom. The zero-order valence-electron chi connectivity index (χ0n) is 14.7. The number of halogens is 1. The van der Waals surface area contributed by atoms with Gasteiger partial charge in [0.2, 0.25) is 0 Å². The van der Waals surface area contributed by atoms with E-state index in [1.54, 1.807) is 0 Å². The summed E-state index contributed by atoms with van der Waals surface area (Å²) in [6, 6.07) is 0. The fraction of sp³-hybridized carbons (Fsp3) is 1.00. The molecule has 0 rings (SSSR count). The average Bonchev–Trinajstić information content (AvgIpc) is 2.50. The summed E-state index contributed by atoms with van der Waals surface area (Å²) in [5.74, 6) is 0. The minimum Gasteiger partial charge on any atom is -0.0901 e. The molecule has 0 aliphatic heterocycles. The second-order valence-corrected chi connectivity index (χ2v) is 5.95. The van der Waals surface area contributed by atoms with Gasteiger partial charge < -0.3 is 0 Å². The van der Waals surface area contributed by atoms with Crippen LogP contribution in [-0.4, -0.2) is 4.93 Å². The van der Waals surface area contributed by atoms with Crippen molar-refractivity contribution >= 4 is 22.6 Å².